The number of rotatable bonds is 3. The molecule has 1 aromatic heterocycles. The first-order valence-electron chi connectivity index (χ1n) is 11.8. The number of fused-ring (bicyclic) bond motifs is 5. The molecule has 5 nitrogen and oxygen atoms in total. The van der Waals surface area contributed by atoms with Crippen LogP contribution in [0.3, 0.4) is 0 Å². The second-order valence-electron chi connectivity index (χ2n) is 9.74. The van der Waals surface area contributed by atoms with Crippen LogP contribution < -0.4 is 10.5 Å². The first kappa shape index (κ1) is 21.4. The summed E-state index contributed by atoms with van der Waals surface area (Å²) in [5.41, 5.74) is 5.88. The van der Waals surface area contributed by atoms with Gasteiger partial charge in [0.1, 0.15) is 0 Å². The highest BCUT2D eigenvalue weighted by molar-refractivity contribution is 6.37. The van der Waals surface area contributed by atoms with E-state index in [9.17, 15) is 9.59 Å². The lowest BCUT2D eigenvalue weighted by atomic mass is 9.83. The molecule has 6 rings (SSSR count). The van der Waals surface area contributed by atoms with Gasteiger partial charge in [-0.1, -0.05) is 53.6 Å². The Morgan fingerprint density at radius 2 is 1.82 bits per heavy atom. The number of halogens is 1. The van der Waals surface area contributed by atoms with Crippen LogP contribution in [-0.2, 0) is 11.3 Å². The fourth-order valence-corrected chi connectivity index (χ4v) is 5.91. The van der Waals surface area contributed by atoms with Crippen LogP contribution in [0, 0.1) is 12.8 Å². The molecule has 1 amide bonds. The summed E-state index contributed by atoms with van der Waals surface area (Å²) in [5, 5.41) is 0.622. The average molecular weight is 472 g/mol. The van der Waals surface area contributed by atoms with E-state index in [1.807, 2.05) is 51.9 Å². The van der Waals surface area contributed by atoms with Gasteiger partial charge in [-0.05, 0) is 49.1 Å². The van der Waals surface area contributed by atoms with Gasteiger partial charge >= 0.3 is 0 Å². The molecule has 0 N–H and O–H groups in total. The Kier molecular flexibility index (Phi) is 5.19. The number of carbonyl (C=O) groups is 1. The van der Waals surface area contributed by atoms with Gasteiger partial charge in [-0.3, -0.25) is 19.4 Å². The van der Waals surface area contributed by atoms with Gasteiger partial charge in [-0.25, -0.2) is 0 Å². The Labute approximate surface area is 203 Å². The van der Waals surface area contributed by atoms with E-state index >= 15 is 0 Å². The Bertz CT molecular complexity index is 1380. The van der Waals surface area contributed by atoms with Crippen molar-refractivity contribution in [1.29, 1.82) is 0 Å². The van der Waals surface area contributed by atoms with E-state index in [0.29, 0.717) is 29.1 Å². The lowest BCUT2D eigenvalue weighted by molar-refractivity contribution is -0.113. The topological polar surface area (TPSA) is 45.6 Å². The van der Waals surface area contributed by atoms with Gasteiger partial charge in [-0.2, -0.15) is 0 Å². The molecule has 2 bridgehead atoms. The second-order valence-corrected chi connectivity index (χ2v) is 10.2. The molecule has 1 saturated heterocycles. The third kappa shape index (κ3) is 3.69. The molecule has 6 heteroatoms. The van der Waals surface area contributed by atoms with Gasteiger partial charge in [0.05, 0.1) is 12.4 Å². The van der Waals surface area contributed by atoms with Crippen LogP contribution in [0.15, 0.2) is 65.5 Å². The van der Waals surface area contributed by atoms with Crippen LogP contribution >= 0.6 is 11.6 Å². The van der Waals surface area contributed by atoms with Crippen LogP contribution in [0.5, 0.6) is 0 Å². The number of benzene rings is 2. The number of hydrogen-bond donors (Lipinski definition) is 0. The fraction of sp³-hybridized carbons (Fsp3) is 0.286. The van der Waals surface area contributed by atoms with Crippen molar-refractivity contribution in [2.45, 2.75) is 25.8 Å². The smallest absolute Gasteiger partial charge is 0.260 e. The fourth-order valence-electron chi connectivity index (χ4n) is 5.75. The molecule has 2 aromatic carbocycles. The predicted molar refractivity (Wildman–Crippen MR) is 136 cm³/mol. The van der Waals surface area contributed by atoms with Gasteiger partial charge in [0.25, 0.3) is 11.5 Å². The zero-order valence-electron chi connectivity index (χ0n) is 19.1. The summed E-state index contributed by atoms with van der Waals surface area (Å²) in [6.45, 7) is 5.02. The molecule has 0 spiro atoms. The van der Waals surface area contributed by atoms with Gasteiger partial charge in [-0.15, -0.1) is 0 Å². The zero-order valence-corrected chi connectivity index (χ0v) is 19.8. The number of anilines is 1. The Hall–Kier alpha value is -3.15. The zero-order chi connectivity index (χ0) is 23.4. The van der Waals surface area contributed by atoms with E-state index in [4.69, 9.17) is 11.6 Å². The van der Waals surface area contributed by atoms with Crippen molar-refractivity contribution in [3.8, 4) is 0 Å². The van der Waals surface area contributed by atoms with Crippen molar-refractivity contribution in [2.24, 2.45) is 5.92 Å². The Morgan fingerprint density at radius 3 is 2.65 bits per heavy atom. The van der Waals surface area contributed by atoms with Crippen molar-refractivity contribution < 1.29 is 4.79 Å². The summed E-state index contributed by atoms with van der Waals surface area (Å²) in [7, 11) is 0. The third-order valence-corrected chi connectivity index (χ3v) is 7.54. The third-order valence-electron chi connectivity index (χ3n) is 7.30. The summed E-state index contributed by atoms with van der Waals surface area (Å²) in [6, 6.07) is 19.5. The van der Waals surface area contributed by atoms with Crippen molar-refractivity contribution in [3.63, 3.8) is 0 Å². The Balaban J connectivity index is 1.31. The maximum absolute atomic E-state index is 13.7. The number of hydrogen-bond acceptors (Lipinski definition) is 3. The molecule has 3 aromatic rings. The first-order chi connectivity index (χ1) is 16.5. The van der Waals surface area contributed by atoms with E-state index in [1.165, 1.54) is 5.56 Å². The van der Waals surface area contributed by atoms with Crippen LogP contribution in [-0.4, -0.2) is 35.1 Å². The highest BCUT2D eigenvalue weighted by Crippen LogP contribution is 2.41. The molecule has 0 aliphatic carbocycles. The number of nitrogens with zero attached hydrogens (tertiary/aromatic N) is 3. The lowest BCUT2D eigenvalue weighted by Gasteiger charge is -2.43. The van der Waals surface area contributed by atoms with Crippen molar-refractivity contribution in [2.75, 3.05) is 24.7 Å². The molecule has 0 saturated carbocycles. The molecule has 1 fully saturated rings. The van der Waals surface area contributed by atoms with Crippen molar-refractivity contribution >= 4 is 34.8 Å². The molecule has 3 aliphatic rings. The normalized spacial score (nSPS) is 22.7. The summed E-state index contributed by atoms with van der Waals surface area (Å²) >= 11 is 6.35. The van der Waals surface area contributed by atoms with Crippen LogP contribution in [0.4, 0.5) is 5.69 Å². The highest BCUT2D eigenvalue weighted by Gasteiger charge is 2.38. The van der Waals surface area contributed by atoms with E-state index in [0.717, 1.165) is 48.6 Å². The molecular formula is C28H26ClN3O2. The highest BCUT2D eigenvalue weighted by atomic mass is 35.5. The van der Waals surface area contributed by atoms with Crippen LogP contribution in [0.2, 0.25) is 5.02 Å². The summed E-state index contributed by atoms with van der Waals surface area (Å²) in [4.78, 5) is 30.2. The number of aryl methyl sites for hydroxylation is 1. The molecule has 4 heterocycles. The van der Waals surface area contributed by atoms with E-state index in [-0.39, 0.29) is 11.5 Å². The van der Waals surface area contributed by atoms with E-state index in [1.54, 1.807) is 6.07 Å². The monoisotopic (exact) mass is 471 g/mol. The Morgan fingerprint density at radius 1 is 1.00 bits per heavy atom. The molecule has 3 aliphatic heterocycles. The minimum Gasteiger partial charge on any atom is -0.312 e. The summed E-state index contributed by atoms with van der Waals surface area (Å²) in [6.07, 6.45) is 3.07. The minimum atomic E-state index is 0.00481. The quantitative estimate of drug-likeness (QED) is 0.517. The number of amides is 1. The lowest BCUT2D eigenvalue weighted by Crippen LogP contribution is -2.50. The SMILES string of the molecule is Cc1ccc(/C=C2\C(=O)N(CN3C[C@@H]4C[C@H](C3)c3cccc(=O)n3C4)c3cc(Cl)ccc32)cc1. The van der Waals surface area contributed by atoms with E-state index < -0.39 is 0 Å². The van der Waals surface area contributed by atoms with Gasteiger partial charge in [0.15, 0.2) is 0 Å². The molecule has 2 atom stereocenters. The van der Waals surface area contributed by atoms with E-state index in [2.05, 4.69) is 30.0 Å². The molecule has 0 radical (unpaired) electrons. The number of aromatic nitrogens is 1. The molecule has 0 unspecified atom stereocenters. The molecule has 34 heavy (non-hydrogen) atoms. The largest absolute Gasteiger partial charge is 0.312 e. The first-order valence-corrected chi connectivity index (χ1v) is 12.2. The molecular weight excluding hydrogens is 446 g/mol. The predicted octanol–water partition coefficient (Wildman–Crippen LogP) is 4.77. The van der Waals surface area contributed by atoms with Crippen molar-refractivity contribution in [1.82, 2.24) is 9.47 Å². The number of pyridine rings is 1. The van der Waals surface area contributed by atoms with Gasteiger partial charge < -0.3 is 4.57 Å². The van der Waals surface area contributed by atoms with Crippen LogP contribution in [0.1, 0.15) is 34.7 Å². The second kappa shape index (κ2) is 8.26. The van der Waals surface area contributed by atoms with Gasteiger partial charge in [0.2, 0.25) is 0 Å². The van der Waals surface area contributed by atoms with Crippen LogP contribution in [0.25, 0.3) is 11.6 Å². The number of carbonyl (C=O) groups excluding carboxylic acids is 1. The number of likely N-dealkylation sites (tertiary alicyclic amines) is 1. The van der Waals surface area contributed by atoms with Crippen molar-refractivity contribution in [3.05, 3.63) is 98.4 Å². The average Bonchev–Trinajstić information content (AvgIpc) is 3.06. The number of piperidine rings is 1. The summed E-state index contributed by atoms with van der Waals surface area (Å²) in [5.74, 6) is 0.719. The minimum absolute atomic E-state index is 0.00481. The maximum atomic E-state index is 13.7. The summed E-state index contributed by atoms with van der Waals surface area (Å²) < 4.78 is 1.94. The molecule has 172 valence electrons. The standard InChI is InChI=1S/C28H26ClN3O2/c1-18-5-7-19(8-6-18)12-24-23-10-9-22(29)13-26(23)32(28(24)34)17-30-14-20-11-21(16-30)25-3-2-4-27(33)31(25)15-20/h2-10,12-13,20-21H,11,14-17H2,1H3/b24-12-/t20-,21+/m0/s1. The maximum Gasteiger partial charge on any atom is 0.260 e. The van der Waals surface area contributed by atoms with Gasteiger partial charge in [0, 0.05) is 53.5 Å².